The van der Waals surface area contributed by atoms with Crippen molar-refractivity contribution in [2.24, 2.45) is 0 Å². The van der Waals surface area contributed by atoms with E-state index in [1.807, 2.05) is 18.3 Å². The molecule has 1 aromatic heterocycles. The molecule has 1 heterocycles. The summed E-state index contributed by atoms with van der Waals surface area (Å²) in [6, 6.07) is 14.9. The van der Waals surface area contributed by atoms with Gasteiger partial charge in [0.15, 0.2) is 0 Å². The second-order valence-corrected chi connectivity index (χ2v) is 4.55. The van der Waals surface area contributed by atoms with E-state index in [0.717, 1.165) is 18.7 Å². The van der Waals surface area contributed by atoms with Gasteiger partial charge in [-0.15, -0.1) is 0 Å². The van der Waals surface area contributed by atoms with Crippen molar-refractivity contribution in [3.05, 3.63) is 65.5 Å². The Morgan fingerprint density at radius 2 is 1.89 bits per heavy atom. The molecule has 0 bridgehead atoms. The standard InChI is InChI=1S/C16H20N2/c1-3-11-18-16(15-6-4-5-12-17-15)14-9-7-13(2)8-10-14/h4-10,12,16,18H,3,11H2,1-2H3. The average Bonchev–Trinajstić information content (AvgIpc) is 2.42. The molecule has 0 saturated carbocycles. The Morgan fingerprint density at radius 3 is 2.50 bits per heavy atom. The smallest absolute Gasteiger partial charge is 0.0751 e. The van der Waals surface area contributed by atoms with E-state index in [9.17, 15) is 0 Å². The highest BCUT2D eigenvalue weighted by atomic mass is 14.9. The van der Waals surface area contributed by atoms with E-state index in [1.54, 1.807) is 0 Å². The lowest BCUT2D eigenvalue weighted by Gasteiger charge is -2.18. The summed E-state index contributed by atoms with van der Waals surface area (Å²) in [5.74, 6) is 0. The number of nitrogens with one attached hydrogen (secondary N) is 1. The highest BCUT2D eigenvalue weighted by Gasteiger charge is 2.13. The van der Waals surface area contributed by atoms with Crippen molar-refractivity contribution in [1.82, 2.24) is 10.3 Å². The first-order chi connectivity index (χ1) is 8.81. The zero-order valence-corrected chi connectivity index (χ0v) is 11.1. The molecule has 2 nitrogen and oxygen atoms in total. The molecular weight excluding hydrogens is 220 g/mol. The number of aryl methyl sites for hydroxylation is 1. The summed E-state index contributed by atoms with van der Waals surface area (Å²) in [5, 5.41) is 3.56. The van der Waals surface area contributed by atoms with Crippen molar-refractivity contribution in [1.29, 1.82) is 0 Å². The summed E-state index contributed by atoms with van der Waals surface area (Å²) < 4.78 is 0. The summed E-state index contributed by atoms with van der Waals surface area (Å²) in [7, 11) is 0. The molecule has 0 aliphatic rings. The van der Waals surface area contributed by atoms with Gasteiger partial charge in [0.25, 0.3) is 0 Å². The minimum atomic E-state index is 0.187. The van der Waals surface area contributed by atoms with Crippen molar-refractivity contribution >= 4 is 0 Å². The van der Waals surface area contributed by atoms with Crippen LogP contribution in [-0.2, 0) is 0 Å². The number of rotatable bonds is 5. The quantitative estimate of drug-likeness (QED) is 0.865. The topological polar surface area (TPSA) is 24.9 Å². The van der Waals surface area contributed by atoms with Gasteiger partial charge in [-0.3, -0.25) is 4.98 Å². The second kappa shape index (κ2) is 6.31. The van der Waals surface area contributed by atoms with Crippen LogP contribution in [0.25, 0.3) is 0 Å². The molecule has 0 spiro atoms. The Kier molecular flexibility index (Phi) is 4.48. The number of hydrogen-bond donors (Lipinski definition) is 1. The maximum atomic E-state index is 4.47. The Labute approximate surface area is 109 Å². The maximum absolute atomic E-state index is 4.47. The number of nitrogens with zero attached hydrogens (tertiary/aromatic N) is 1. The van der Waals surface area contributed by atoms with Crippen molar-refractivity contribution in [3.63, 3.8) is 0 Å². The molecule has 1 atom stereocenters. The molecule has 0 fully saturated rings. The van der Waals surface area contributed by atoms with Gasteiger partial charge in [-0.1, -0.05) is 42.8 Å². The van der Waals surface area contributed by atoms with Gasteiger partial charge < -0.3 is 5.32 Å². The van der Waals surface area contributed by atoms with Gasteiger partial charge in [0.05, 0.1) is 11.7 Å². The molecule has 1 aromatic carbocycles. The third kappa shape index (κ3) is 3.17. The molecule has 1 unspecified atom stereocenters. The molecule has 1 N–H and O–H groups in total. The van der Waals surface area contributed by atoms with Crippen molar-refractivity contribution in [2.45, 2.75) is 26.3 Å². The van der Waals surface area contributed by atoms with E-state index in [1.165, 1.54) is 11.1 Å². The van der Waals surface area contributed by atoms with Crippen LogP contribution in [0.4, 0.5) is 0 Å². The van der Waals surface area contributed by atoms with Gasteiger partial charge >= 0.3 is 0 Å². The van der Waals surface area contributed by atoms with Crippen LogP contribution in [0.5, 0.6) is 0 Å². The van der Waals surface area contributed by atoms with Crippen molar-refractivity contribution < 1.29 is 0 Å². The third-order valence-electron chi connectivity index (χ3n) is 2.99. The van der Waals surface area contributed by atoms with E-state index < -0.39 is 0 Å². The molecule has 94 valence electrons. The Bertz CT molecular complexity index is 462. The van der Waals surface area contributed by atoms with Gasteiger partial charge in [0.2, 0.25) is 0 Å². The first-order valence-corrected chi connectivity index (χ1v) is 6.52. The molecule has 2 rings (SSSR count). The lowest BCUT2D eigenvalue weighted by atomic mass is 10.0. The lowest BCUT2D eigenvalue weighted by Crippen LogP contribution is -2.23. The monoisotopic (exact) mass is 240 g/mol. The van der Waals surface area contributed by atoms with Gasteiger partial charge in [-0.05, 0) is 37.6 Å². The predicted octanol–water partition coefficient (Wildman–Crippen LogP) is 3.48. The first kappa shape index (κ1) is 12.8. The number of aromatic nitrogens is 1. The zero-order valence-electron chi connectivity index (χ0n) is 11.1. The summed E-state index contributed by atoms with van der Waals surface area (Å²) in [6.45, 7) is 5.28. The van der Waals surface area contributed by atoms with E-state index in [0.29, 0.717) is 0 Å². The largest absolute Gasteiger partial charge is 0.305 e. The van der Waals surface area contributed by atoms with E-state index in [4.69, 9.17) is 0 Å². The molecule has 0 aliphatic carbocycles. The minimum Gasteiger partial charge on any atom is -0.305 e. The van der Waals surface area contributed by atoms with E-state index in [-0.39, 0.29) is 6.04 Å². The molecule has 2 aromatic rings. The fourth-order valence-corrected chi connectivity index (χ4v) is 1.99. The third-order valence-corrected chi connectivity index (χ3v) is 2.99. The van der Waals surface area contributed by atoms with Crippen LogP contribution in [0.3, 0.4) is 0 Å². The summed E-state index contributed by atoms with van der Waals surface area (Å²) >= 11 is 0. The van der Waals surface area contributed by atoms with Crippen LogP contribution in [0.15, 0.2) is 48.7 Å². The van der Waals surface area contributed by atoms with Crippen molar-refractivity contribution in [3.8, 4) is 0 Å². The first-order valence-electron chi connectivity index (χ1n) is 6.52. The Balaban J connectivity index is 2.27. The normalized spacial score (nSPS) is 12.3. The van der Waals surface area contributed by atoms with Crippen LogP contribution in [0.2, 0.25) is 0 Å². The van der Waals surface area contributed by atoms with Crippen LogP contribution in [-0.4, -0.2) is 11.5 Å². The second-order valence-electron chi connectivity index (χ2n) is 4.55. The Morgan fingerprint density at radius 1 is 1.11 bits per heavy atom. The average molecular weight is 240 g/mol. The van der Waals surface area contributed by atoms with E-state index >= 15 is 0 Å². The number of benzene rings is 1. The van der Waals surface area contributed by atoms with E-state index in [2.05, 4.69) is 54.5 Å². The molecule has 2 heteroatoms. The van der Waals surface area contributed by atoms with Gasteiger partial charge in [0.1, 0.15) is 0 Å². The molecule has 0 amide bonds. The lowest BCUT2D eigenvalue weighted by molar-refractivity contribution is 0.586. The maximum Gasteiger partial charge on any atom is 0.0751 e. The predicted molar refractivity (Wildman–Crippen MR) is 75.6 cm³/mol. The molecule has 0 aliphatic heterocycles. The number of hydrogen-bond acceptors (Lipinski definition) is 2. The van der Waals surface area contributed by atoms with Crippen LogP contribution >= 0.6 is 0 Å². The van der Waals surface area contributed by atoms with Gasteiger partial charge in [-0.25, -0.2) is 0 Å². The van der Waals surface area contributed by atoms with Crippen LogP contribution < -0.4 is 5.32 Å². The molecule has 0 radical (unpaired) electrons. The Hall–Kier alpha value is -1.67. The minimum absolute atomic E-state index is 0.187. The highest BCUT2D eigenvalue weighted by Crippen LogP contribution is 2.20. The molecule has 0 saturated heterocycles. The fraction of sp³-hybridized carbons (Fsp3) is 0.312. The van der Waals surface area contributed by atoms with Gasteiger partial charge in [-0.2, -0.15) is 0 Å². The molecule has 18 heavy (non-hydrogen) atoms. The van der Waals surface area contributed by atoms with Crippen molar-refractivity contribution in [2.75, 3.05) is 6.54 Å². The summed E-state index contributed by atoms with van der Waals surface area (Å²) in [5.41, 5.74) is 3.64. The molecular formula is C16H20N2. The van der Waals surface area contributed by atoms with Gasteiger partial charge in [0, 0.05) is 6.20 Å². The summed E-state index contributed by atoms with van der Waals surface area (Å²) in [6.07, 6.45) is 2.97. The fourth-order valence-electron chi connectivity index (χ4n) is 1.99. The summed E-state index contributed by atoms with van der Waals surface area (Å²) in [4.78, 5) is 4.47. The SMILES string of the molecule is CCCNC(c1ccc(C)cc1)c1ccccn1. The highest BCUT2D eigenvalue weighted by molar-refractivity contribution is 5.30. The van der Waals surface area contributed by atoms with Crippen LogP contribution in [0.1, 0.15) is 36.2 Å². The zero-order chi connectivity index (χ0) is 12.8. The number of pyridine rings is 1. The van der Waals surface area contributed by atoms with Crippen LogP contribution in [0, 0.1) is 6.92 Å².